The van der Waals surface area contributed by atoms with E-state index in [2.05, 4.69) is 12.1 Å². The van der Waals surface area contributed by atoms with Crippen LogP contribution in [0.4, 0.5) is 0 Å². The average molecular weight is 276 g/mol. The molecule has 1 aliphatic heterocycles. The normalized spacial score (nSPS) is 23.4. The molecule has 4 heteroatoms. The summed E-state index contributed by atoms with van der Waals surface area (Å²) in [6.45, 7) is 1.83. The molecule has 1 amide bonds. The van der Waals surface area contributed by atoms with Gasteiger partial charge in [0.1, 0.15) is 0 Å². The van der Waals surface area contributed by atoms with E-state index in [-0.39, 0.29) is 5.91 Å². The summed E-state index contributed by atoms with van der Waals surface area (Å²) in [6.07, 6.45) is 2.27. The fourth-order valence-corrected chi connectivity index (χ4v) is 2.86. The first-order valence-electron chi connectivity index (χ1n) is 7.22. The van der Waals surface area contributed by atoms with Crippen LogP contribution in [0, 0.1) is 0 Å². The van der Waals surface area contributed by atoms with E-state index in [9.17, 15) is 9.90 Å². The monoisotopic (exact) mass is 276 g/mol. The molecule has 0 radical (unpaired) electrons. The summed E-state index contributed by atoms with van der Waals surface area (Å²) < 4.78 is 0. The number of likely N-dealkylation sites (tertiary alicyclic amines) is 1. The Morgan fingerprint density at radius 2 is 2.00 bits per heavy atom. The fourth-order valence-electron chi connectivity index (χ4n) is 2.86. The topological polar surface area (TPSA) is 43.8 Å². The van der Waals surface area contributed by atoms with Crippen molar-refractivity contribution >= 4 is 5.91 Å². The van der Waals surface area contributed by atoms with E-state index in [4.69, 9.17) is 0 Å². The lowest BCUT2D eigenvalue weighted by atomic mass is 9.91. The van der Waals surface area contributed by atoms with Crippen molar-refractivity contribution in [2.45, 2.75) is 24.9 Å². The number of carbonyl (C=O) groups is 1. The summed E-state index contributed by atoms with van der Waals surface area (Å²) in [4.78, 5) is 16.1. The lowest BCUT2D eigenvalue weighted by Crippen LogP contribution is -2.58. The molecule has 1 unspecified atom stereocenters. The third kappa shape index (κ3) is 3.58. The van der Waals surface area contributed by atoms with Gasteiger partial charge in [0, 0.05) is 19.6 Å². The van der Waals surface area contributed by atoms with Gasteiger partial charge in [0.25, 0.3) is 5.91 Å². The standard InChI is InChI=1S/C16H24N2O2/c1-17(2)13-16(20)10-6-11-18(15(16)19)12-9-14-7-4-3-5-8-14/h3-5,7-8,20H,6,9-13H2,1-2H3. The van der Waals surface area contributed by atoms with Crippen molar-refractivity contribution in [2.75, 3.05) is 33.7 Å². The number of carbonyl (C=O) groups excluding carboxylic acids is 1. The van der Waals surface area contributed by atoms with E-state index in [0.29, 0.717) is 19.5 Å². The third-order valence-electron chi connectivity index (χ3n) is 3.79. The van der Waals surface area contributed by atoms with E-state index in [1.807, 2.05) is 37.2 Å². The number of amides is 1. The molecule has 1 atom stereocenters. The lowest BCUT2D eigenvalue weighted by molar-refractivity contribution is -0.158. The smallest absolute Gasteiger partial charge is 0.255 e. The molecule has 1 aromatic rings. The second-order valence-electron chi connectivity index (χ2n) is 5.90. The minimum absolute atomic E-state index is 0.117. The summed E-state index contributed by atoms with van der Waals surface area (Å²) in [5, 5.41) is 10.5. The Labute approximate surface area is 121 Å². The average Bonchev–Trinajstić information content (AvgIpc) is 2.41. The molecule has 0 spiro atoms. The van der Waals surface area contributed by atoms with Crippen LogP contribution in [-0.2, 0) is 11.2 Å². The third-order valence-corrected chi connectivity index (χ3v) is 3.79. The Kier molecular flexibility index (Phi) is 4.78. The summed E-state index contributed by atoms with van der Waals surface area (Å²) in [7, 11) is 3.77. The van der Waals surface area contributed by atoms with Gasteiger partial charge in [-0.1, -0.05) is 30.3 Å². The number of aliphatic hydroxyl groups is 1. The lowest BCUT2D eigenvalue weighted by Gasteiger charge is -2.39. The van der Waals surface area contributed by atoms with Crippen molar-refractivity contribution < 1.29 is 9.90 Å². The Morgan fingerprint density at radius 3 is 2.65 bits per heavy atom. The van der Waals surface area contributed by atoms with Crippen LogP contribution in [0.3, 0.4) is 0 Å². The van der Waals surface area contributed by atoms with E-state index in [1.165, 1.54) is 5.56 Å². The maximum Gasteiger partial charge on any atom is 0.255 e. The van der Waals surface area contributed by atoms with E-state index in [1.54, 1.807) is 4.90 Å². The van der Waals surface area contributed by atoms with Crippen LogP contribution in [-0.4, -0.2) is 60.1 Å². The summed E-state index contributed by atoms with van der Waals surface area (Å²) in [5.41, 5.74) is 0.0142. The van der Waals surface area contributed by atoms with Gasteiger partial charge in [-0.3, -0.25) is 4.79 Å². The van der Waals surface area contributed by atoms with E-state index >= 15 is 0 Å². The maximum absolute atomic E-state index is 12.5. The Hall–Kier alpha value is -1.39. The SMILES string of the molecule is CN(C)CC1(O)CCCN(CCc2ccccc2)C1=O. The van der Waals surface area contributed by atoms with E-state index < -0.39 is 5.60 Å². The predicted octanol–water partition coefficient (Wildman–Crippen LogP) is 1.14. The molecule has 1 aromatic carbocycles. The zero-order valence-electron chi connectivity index (χ0n) is 12.4. The minimum Gasteiger partial charge on any atom is -0.379 e. The van der Waals surface area contributed by atoms with Gasteiger partial charge >= 0.3 is 0 Å². The van der Waals surface area contributed by atoms with Crippen molar-refractivity contribution in [2.24, 2.45) is 0 Å². The van der Waals surface area contributed by atoms with Gasteiger partial charge in [0.2, 0.25) is 0 Å². The quantitative estimate of drug-likeness (QED) is 0.877. The minimum atomic E-state index is -1.21. The molecule has 1 heterocycles. The Morgan fingerprint density at radius 1 is 1.30 bits per heavy atom. The molecule has 0 aromatic heterocycles. The number of nitrogens with zero attached hydrogens (tertiary/aromatic N) is 2. The highest BCUT2D eigenvalue weighted by molar-refractivity contribution is 5.86. The van der Waals surface area contributed by atoms with Gasteiger partial charge in [-0.25, -0.2) is 0 Å². The second-order valence-corrected chi connectivity index (χ2v) is 5.90. The van der Waals surface area contributed by atoms with Gasteiger partial charge in [0.15, 0.2) is 5.60 Å². The predicted molar refractivity (Wildman–Crippen MR) is 79.5 cm³/mol. The molecule has 2 rings (SSSR count). The zero-order chi connectivity index (χ0) is 14.6. The van der Waals surface area contributed by atoms with Crippen molar-refractivity contribution in [3.63, 3.8) is 0 Å². The first-order valence-corrected chi connectivity index (χ1v) is 7.22. The van der Waals surface area contributed by atoms with Gasteiger partial charge < -0.3 is 14.9 Å². The summed E-state index contributed by atoms with van der Waals surface area (Å²) in [5.74, 6) is -0.117. The molecule has 0 aliphatic carbocycles. The highest BCUT2D eigenvalue weighted by Gasteiger charge is 2.42. The zero-order valence-corrected chi connectivity index (χ0v) is 12.4. The molecule has 1 fully saturated rings. The second kappa shape index (κ2) is 6.37. The molecule has 1 aliphatic rings. The number of benzene rings is 1. The largest absolute Gasteiger partial charge is 0.379 e. The van der Waals surface area contributed by atoms with Crippen molar-refractivity contribution in [3.05, 3.63) is 35.9 Å². The molecular formula is C16H24N2O2. The van der Waals surface area contributed by atoms with Gasteiger partial charge in [-0.15, -0.1) is 0 Å². The number of hydrogen-bond acceptors (Lipinski definition) is 3. The number of rotatable bonds is 5. The van der Waals surface area contributed by atoms with Crippen molar-refractivity contribution in [1.29, 1.82) is 0 Å². The maximum atomic E-state index is 12.5. The fraction of sp³-hybridized carbons (Fsp3) is 0.562. The number of piperidine rings is 1. The van der Waals surface area contributed by atoms with Gasteiger partial charge in [-0.2, -0.15) is 0 Å². The van der Waals surface area contributed by atoms with Crippen LogP contribution in [0.5, 0.6) is 0 Å². The molecule has 110 valence electrons. The first-order chi connectivity index (χ1) is 9.51. The summed E-state index contributed by atoms with van der Waals surface area (Å²) >= 11 is 0. The summed E-state index contributed by atoms with van der Waals surface area (Å²) in [6, 6.07) is 10.2. The molecule has 0 bridgehead atoms. The molecular weight excluding hydrogens is 252 g/mol. The first kappa shape index (κ1) is 15.0. The van der Waals surface area contributed by atoms with Crippen LogP contribution in [0.15, 0.2) is 30.3 Å². The molecule has 4 nitrogen and oxygen atoms in total. The highest BCUT2D eigenvalue weighted by Crippen LogP contribution is 2.23. The molecule has 1 saturated heterocycles. The van der Waals surface area contributed by atoms with Crippen LogP contribution in [0.25, 0.3) is 0 Å². The molecule has 1 N–H and O–H groups in total. The number of hydrogen-bond donors (Lipinski definition) is 1. The molecule has 20 heavy (non-hydrogen) atoms. The van der Waals surface area contributed by atoms with Crippen molar-refractivity contribution in [1.82, 2.24) is 9.80 Å². The Balaban J connectivity index is 1.96. The Bertz CT molecular complexity index is 447. The van der Waals surface area contributed by atoms with Crippen LogP contribution >= 0.6 is 0 Å². The van der Waals surface area contributed by atoms with Crippen LogP contribution < -0.4 is 0 Å². The highest BCUT2D eigenvalue weighted by atomic mass is 16.3. The molecule has 0 saturated carbocycles. The van der Waals surface area contributed by atoms with Crippen LogP contribution in [0.1, 0.15) is 18.4 Å². The van der Waals surface area contributed by atoms with E-state index in [0.717, 1.165) is 19.4 Å². The number of likely N-dealkylation sites (N-methyl/N-ethyl adjacent to an activating group) is 1. The van der Waals surface area contributed by atoms with Gasteiger partial charge in [-0.05, 0) is 38.9 Å². The van der Waals surface area contributed by atoms with Crippen LogP contribution in [0.2, 0.25) is 0 Å². The van der Waals surface area contributed by atoms with Gasteiger partial charge in [0.05, 0.1) is 0 Å². The van der Waals surface area contributed by atoms with Crippen molar-refractivity contribution in [3.8, 4) is 0 Å².